The van der Waals surface area contributed by atoms with Gasteiger partial charge < -0.3 is 14.4 Å². The van der Waals surface area contributed by atoms with Crippen molar-refractivity contribution in [2.75, 3.05) is 45.9 Å². The van der Waals surface area contributed by atoms with Gasteiger partial charge in [-0.25, -0.2) is 0 Å². The Hall–Kier alpha value is -0.160. The first-order valence-electron chi connectivity index (χ1n) is 8.20. The number of rotatable bonds is 5. The lowest BCUT2D eigenvalue weighted by molar-refractivity contribution is -0.0741. The second kappa shape index (κ2) is 7.21. The summed E-state index contributed by atoms with van der Waals surface area (Å²) in [6, 6.07) is 0. The third-order valence-corrected chi connectivity index (χ3v) is 4.27. The third-order valence-electron chi connectivity index (χ3n) is 4.27. The molecule has 2 rings (SSSR count). The van der Waals surface area contributed by atoms with Crippen LogP contribution in [0.4, 0.5) is 0 Å². The van der Waals surface area contributed by atoms with Crippen LogP contribution in [-0.4, -0.2) is 73.5 Å². The lowest BCUT2D eigenvalue weighted by atomic mass is 10.1. The maximum atomic E-state index is 6.13. The molecule has 2 saturated heterocycles. The van der Waals surface area contributed by atoms with Gasteiger partial charge in [0.25, 0.3) is 0 Å². The van der Waals surface area contributed by atoms with E-state index in [1.807, 2.05) is 0 Å². The van der Waals surface area contributed by atoms with Gasteiger partial charge in [-0.2, -0.15) is 0 Å². The van der Waals surface area contributed by atoms with E-state index in [9.17, 15) is 0 Å². The summed E-state index contributed by atoms with van der Waals surface area (Å²) in [5.41, 5.74) is -0.0576. The molecule has 4 heteroatoms. The average Bonchev–Trinajstić information content (AvgIpc) is 2.84. The lowest BCUT2D eigenvalue weighted by Crippen LogP contribution is -2.48. The second-order valence-corrected chi connectivity index (χ2v) is 7.12. The highest BCUT2D eigenvalue weighted by molar-refractivity contribution is 4.80. The molecule has 0 aromatic heterocycles. The fourth-order valence-corrected chi connectivity index (χ4v) is 2.96. The molecule has 0 aromatic rings. The van der Waals surface area contributed by atoms with Gasteiger partial charge in [0, 0.05) is 32.7 Å². The maximum Gasteiger partial charge on any atom is 0.0814 e. The van der Waals surface area contributed by atoms with Gasteiger partial charge >= 0.3 is 0 Å². The minimum absolute atomic E-state index is 0.0576. The highest BCUT2D eigenvalue weighted by atomic mass is 16.6. The van der Waals surface area contributed by atoms with Crippen LogP contribution < -0.4 is 0 Å². The Labute approximate surface area is 124 Å². The van der Waals surface area contributed by atoms with Crippen molar-refractivity contribution in [2.24, 2.45) is 0 Å². The standard InChI is InChI=1S/C16H32N2O2/c1-5-17-8-10-18(11-9-17)12-14-6-7-15(20-14)13-19-16(2,3)4/h14-15H,5-13H2,1-4H3. The summed E-state index contributed by atoms with van der Waals surface area (Å²) < 4.78 is 12.0. The molecule has 0 spiro atoms. The largest absolute Gasteiger partial charge is 0.373 e. The molecular formula is C16H32N2O2. The lowest BCUT2D eigenvalue weighted by Gasteiger charge is -2.35. The molecule has 2 heterocycles. The van der Waals surface area contributed by atoms with Crippen molar-refractivity contribution < 1.29 is 9.47 Å². The van der Waals surface area contributed by atoms with Crippen LogP contribution in [0.3, 0.4) is 0 Å². The molecule has 2 unspecified atom stereocenters. The highest BCUT2D eigenvalue weighted by Gasteiger charge is 2.29. The van der Waals surface area contributed by atoms with Gasteiger partial charge in [0.2, 0.25) is 0 Å². The van der Waals surface area contributed by atoms with Crippen LogP contribution in [-0.2, 0) is 9.47 Å². The minimum atomic E-state index is -0.0576. The van der Waals surface area contributed by atoms with Crippen molar-refractivity contribution in [1.82, 2.24) is 9.80 Å². The number of piperazine rings is 1. The Morgan fingerprint density at radius 1 is 1.00 bits per heavy atom. The van der Waals surface area contributed by atoms with E-state index in [1.165, 1.54) is 39.1 Å². The molecule has 2 atom stereocenters. The molecular weight excluding hydrogens is 252 g/mol. The summed E-state index contributed by atoms with van der Waals surface area (Å²) in [5, 5.41) is 0. The monoisotopic (exact) mass is 284 g/mol. The summed E-state index contributed by atoms with van der Waals surface area (Å²) in [7, 11) is 0. The molecule has 20 heavy (non-hydrogen) atoms. The highest BCUT2D eigenvalue weighted by Crippen LogP contribution is 2.22. The SMILES string of the molecule is CCN1CCN(CC2CCC(COC(C)(C)C)O2)CC1. The first-order valence-corrected chi connectivity index (χ1v) is 8.20. The summed E-state index contributed by atoms with van der Waals surface area (Å²) in [4.78, 5) is 5.08. The quantitative estimate of drug-likeness (QED) is 0.771. The minimum Gasteiger partial charge on any atom is -0.373 e. The van der Waals surface area contributed by atoms with E-state index in [0.29, 0.717) is 12.2 Å². The summed E-state index contributed by atoms with van der Waals surface area (Å²) >= 11 is 0. The van der Waals surface area contributed by atoms with Gasteiger partial charge in [0.1, 0.15) is 0 Å². The summed E-state index contributed by atoms with van der Waals surface area (Å²) in [6.07, 6.45) is 3.05. The van der Waals surface area contributed by atoms with E-state index >= 15 is 0 Å². The zero-order valence-electron chi connectivity index (χ0n) is 13.7. The van der Waals surface area contributed by atoms with Crippen LogP contribution in [0.2, 0.25) is 0 Å². The molecule has 0 amide bonds. The number of likely N-dealkylation sites (N-methyl/N-ethyl adjacent to an activating group) is 1. The van der Waals surface area contributed by atoms with E-state index in [4.69, 9.17) is 9.47 Å². The van der Waals surface area contributed by atoms with E-state index in [-0.39, 0.29) is 5.60 Å². The van der Waals surface area contributed by atoms with Crippen LogP contribution in [0.1, 0.15) is 40.5 Å². The van der Waals surface area contributed by atoms with E-state index in [2.05, 4.69) is 37.5 Å². The van der Waals surface area contributed by atoms with Crippen LogP contribution in [0.15, 0.2) is 0 Å². The molecule has 2 fully saturated rings. The predicted octanol–water partition coefficient (Wildman–Crippen LogP) is 1.99. The molecule has 0 aliphatic carbocycles. The fraction of sp³-hybridized carbons (Fsp3) is 1.00. The van der Waals surface area contributed by atoms with E-state index < -0.39 is 0 Å². The van der Waals surface area contributed by atoms with Gasteiger partial charge in [-0.3, -0.25) is 4.90 Å². The Morgan fingerprint density at radius 2 is 1.60 bits per heavy atom. The van der Waals surface area contributed by atoms with Crippen LogP contribution >= 0.6 is 0 Å². The van der Waals surface area contributed by atoms with Crippen LogP contribution in [0.25, 0.3) is 0 Å². The molecule has 4 nitrogen and oxygen atoms in total. The third kappa shape index (κ3) is 5.32. The van der Waals surface area contributed by atoms with Gasteiger partial charge in [-0.1, -0.05) is 6.92 Å². The first kappa shape index (κ1) is 16.2. The molecule has 2 aliphatic heterocycles. The van der Waals surface area contributed by atoms with E-state index in [1.54, 1.807) is 0 Å². The molecule has 0 bridgehead atoms. The van der Waals surface area contributed by atoms with Crippen molar-refractivity contribution in [3.8, 4) is 0 Å². The molecule has 0 N–H and O–H groups in total. The smallest absolute Gasteiger partial charge is 0.0814 e. The number of nitrogens with zero attached hydrogens (tertiary/aromatic N) is 2. The fourth-order valence-electron chi connectivity index (χ4n) is 2.96. The molecule has 0 saturated carbocycles. The zero-order valence-corrected chi connectivity index (χ0v) is 13.7. The van der Waals surface area contributed by atoms with E-state index in [0.717, 1.165) is 19.6 Å². The van der Waals surface area contributed by atoms with Crippen molar-refractivity contribution in [2.45, 2.75) is 58.3 Å². The molecule has 0 radical (unpaired) electrons. The Morgan fingerprint density at radius 3 is 2.20 bits per heavy atom. The summed E-state index contributed by atoms with van der Waals surface area (Å²) in [6.45, 7) is 16.4. The Bertz CT molecular complexity index is 283. The maximum absolute atomic E-state index is 6.13. The first-order chi connectivity index (χ1) is 9.46. The van der Waals surface area contributed by atoms with Gasteiger partial charge in [0.15, 0.2) is 0 Å². The van der Waals surface area contributed by atoms with Gasteiger partial charge in [-0.05, 0) is 40.2 Å². The van der Waals surface area contributed by atoms with Crippen LogP contribution in [0.5, 0.6) is 0 Å². The average molecular weight is 284 g/mol. The van der Waals surface area contributed by atoms with Crippen molar-refractivity contribution in [3.05, 3.63) is 0 Å². The van der Waals surface area contributed by atoms with Crippen molar-refractivity contribution >= 4 is 0 Å². The van der Waals surface area contributed by atoms with Crippen molar-refractivity contribution in [3.63, 3.8) is 0 Å². The second-order valence-electron chi connectivity index (χ2n) is 7.12. The molecule has 0 aromatic carbocycles. The van der Waals surface area contributed by atoms with Crippen LogP contribution in [0, 0.1) is 0 Å². The van der Waals surface area contributed by atoms with Gasteiger partial charge in [0.05, 0.1) is 24.4 Å². The normalized spacial score (nSPS) is 30.0. The number of ether oxygens (including phenoxy) is 2. The molecule has 118 valence electrons. The molecule has 2 aliphatic rings. The predicted molar refractivity (Wildman–Crippen MR) is 82.2 cm³/mol. The van der Waals surface area contributed by atoms with Gasteiger partial charge in [-0.15, -0.1) is 0 Å². The zero-order chi connectivity index (χ0) is 14.6. The topological polar surface area (TPSA) is 24.9 Å². The Balaban J connectivity index is 1.64. The number of hydrogen-bond donors (Lipinski definition) is 0. The Kier molecular flexibility index (Phi) is 5.84. The van der Waals surface area contributed by atoms with Crippen molar-refractivity contribution in [1.29, 1.82) is 0 Å². The summed E-state index contributed by atoms with van der Waals surface area (Å²) in [5.74, 6) is 0. The number of hydrogen-bond acceptors (Lipinski definition) is 4.